The van der Waals surface area contributed by atoms with Crippen LogP contribution >= 0.6 is 11.3 Å². The maximum Gasteiger partial charge on any atom is 0.264 e. The number of hydrogen-bond acceptors (Lipinski definition) is 4. The van der Waals surface area contributed by atoms with Gasteiger partial charge in [0, 0.05) is 38.3 Å². The standard InChI is InChI=1S/C23H23FN2O2S/c24-20-8-4-5-9-21(20)28-16-19-14-22(29-17-19)23(27)26-12-10-25(11-13-26)15-18-6-2-1-3-7-18/h1-9,14,17H,10-13,15-16H2. The van der Waals surface area contributed by atoms with E-state index >= 15 is 0 Å². The minimum Gasteiger partial charge on any atom is -0.486 e. The summed E-state index contributed by atoms with van der Waals surface area (Å²) in [6.07, 6.45) is 0. The van der Waals surface area contributed by atoms with Crippen LogP contribution in [0.1, 0.15) is 20.8 Å². The van der Waals surface area contributed by atoms with Crippen molar-refractivity contribution < 1.29 is 13.9 Å². The Morgan fingerprint density at radius 3 is 2.45 bits per heavy atom. The Morgan fingerprint density at radius 2 is 1.69 bits per heavy atom. The molecule has 0 aliphatic carbocycles. The van der Waals surface area contributed by atoms with Crippen molar-refractivity contribution in [1.82, 2.24) is 9.80 Å². The summed E-state index contributed by atoms with van der Waals surface area (Å²) in [5.41, 5.74) is 2.18. The van der Waals surface area contributed by atoms with E-state index in [1.165, 1.54) is 23.0 Å². The summed E-state index contributed by atoms with van der Waals surface area (Å²) in [7, 11) is 0. The van der Waals surface area contributed by atoms with E-state index in [4.69, 9.17) is 4.74 Å². The predicted octanol–water partition coefficient (Wildman–Crippen LogP) is 4.42. The number of benzene rings is 2. The molecule has 1 aliphatic rings. The number of piperazine rings is 1. The van der Waals surface area contributed by atoms with Crippen molar-refractivity contribution in [2.75, 3.05) is 26.2 Å². The lowest BCUT2D eigenvalue weighted by atomic mass is 10.2. The largest absolute Gasteiger partial charge is 0.486 e. The van der Waals surface area contributed by atoms with Crippen LogP contribution in [0.4, 0.5) is 4.39 Å². The van der Waals surface area contributed by atoms with Crippen molar-refractivity contribution in [3.8, 4) is 5.75 Å². The molecule has 4 rings (SSSR count). The van der Waals surface area contributed by atoms with Gasteiger partial charge in [0.05, 0.1) is 4.88 Å². The zero-order chi connectivity index (χ0) is 20.1. The Hall–Kier alpha value is -2.70. The van der Waals surface area contributed by atoms with Gasteiger partial charge in [-0.2, -0.15) is 0 Å². The van der Waals surface area contributed by atoms with E-state index in [0.29, 0.717) is 4.88 Å². The number of carbonyl (C=O) groups is 1. The first-order valence-corrected chi connectivity index (χ1v) is 10.6. The minimum atomic E-state index is -0.382. The highest BCUT2D eigenvalue weighted by atomic mass is 32.1. The quantitative estimate of drug-likeness (QED) is 0.603. The molecule has 1 amide bonds. The Bertz CT molecular complexity index is 952. The molecule has 1 saturated heterocycles. The van der Waals surface area contributed by atoms with Crippen LogP contribution in [0.2, 0.25) is 0 Å². The molecular formula is C23H23FN2O2S. The number of halogens is 1. The van der Waals surface area contributed by atoms with Crippen molar-refractivity contribution in [1.29, 1.82) is 0 Å². The van der Waals surface area contributed by atoms with E-state index in [1.54, 1.807) is 18.2 Å². The van der Waals surface area contributed by atoms with Crippen molar-refractivity contribution in [3.63, 3.8) is 0 Å². The first-order valence-electron chi connectivity index (χ1n) is 9.69. The summed E-state index contributed by atoms with van der Waals surface area (Å²) < 4.78 is 19.2. The Labute approximate surface area is 174 Å². The summed E-state index contributed by atoms with van der Waals surface area (Å²) in [5, 5.41) is 1.90. The fourth-order valence-electron chi connectivity index (χ4n) is 3.39. The van der Waals surface area contributed by atoms with Gasteiger partial charge in [0.1, 0.15) is 6.61 Å². The molecule has 0 bridgehead atoms. The topological polar surface area (TPSA) is 32.8 Å². The molecule has 4 nitrogen and oxygen atoms in total. The van der Waals surface area contributed by atoms with Gasteiger partial charge in [0.25, 0.3) is 5.91 Å². The lowest BCUT2D eigenvalue weighted by Crippen LogP contribution is -2.48. The van der Waals surface area contributed by atoms with Crippen LogP contribution in [-0.4, -0.2) is 41.9 Å². The molecule has 2 heterocycles. The van der Waals surface area contributed by atoms with Crippen LogP contribution in [0.5, 0.6) is 5.75 Å². The van der Waals surface area contributed by atoms with E-state index < -0.39 is 0 Å². The zero-order valence-corrected chi connectivity index (χ0v) is 16.9. The number of ether oxygens (including phenoxy) is 1. The van der Waals surface area contributed by atoms with E-state index in [9.17, 15) is 9.18 Å². The van der Waals surface area contributed by atoms with Gasteiger partial charge >= 0.3 is 0 Å². The molecule has 1 aromatic heterocycles. The number of carbonyl (C=O) groups excluding carboxylic acids is 1. The van der Waals surface area contributed by atoms with Crippen LogP contribution in [-0.2, 0) is 13.2 Å². The molecule has 1 fully saturated rings. The van der Waals surface area contributed by atoms with Crippen molar-refractivity contribution in [2.24, 2.45) is 0 Å². The lowest BCUT2D eigenvalue weighted by Gasteiger charge is -2.34. The van der Waals surface area contributed by atoms with E-state index in [-0.39, 0.29) is 24.1 Å². The number of rotatable bonds is 6. The molecule has 0 spiro atoms. The van der Waals surface area contributed by atoms with Crippen LogP contribution in [0.25, 0.3) is 0 Å². The number of para-hydroxylation sites is 1. The summed E-state index contributed by atoms with van der Waals surface area (Å²) >= 11 is 1.42. The summed E-state index contributed by atoms with van der Waals surface area (Å²) in [6.45, 7) is 4.36. The Balaban J connectivity index is 1.29. The maximum absolute atomic E-state index is 13.7. The van der Waals surface area contributed by atoms with Gasteiger partial charge in [-0.3, -0.25) is 9.69 Å². The predicted molar refractivity (Wildman–Crippen MR) is 113 cm³/mol. The monoisotopic (exact) mass is 410 g/mol. The van der Waals surface area contributed by atoms with Gasteiger partial charge in [0.15, 0.2) is 11.6 Å². The Morgan fingerprint density at radius 1 is 0.966 bits per heavy atom. The van der Waals surface area contributed by atoms with Crippen LogP contribution < -0.4 is 4.74 Å². The van der Waals surface area contributed by atoms with Gasteiger partial charge in [-0.15, -0.1) is 11.3 Å². The lowest BCUT2D eigenvalue weighted by molar-refractivity contribution is 0.0633. The molecule has 6 heteroatoms. The fourth-order valence-corrected chi connectivity index (χ4v) is 4.26. The summed E-state index contributed by atoms with van der Waals surface area (Å²) in [5.74, 6) is -0.0972. The molecule has 29 heavy (non-hydrogen) atoms. The number of nitrogens with zero attached hydrogens (tertiary/aromatic N) is 2. The van der Waals surface area contributed by atoms with E-state index in [0.717, 1.165) is 38.3 Å². The first kappa shape index (κ1) is 19.6. The SMILES string of the molecule is O=C(c1cc(COc2ccccc2F)cs1)N1CCN(Cc2ccccc2)CC1. The van der Waals surface area contributed by atoms with Gasteiger partial charge in [-0.1, -0.05) is 42.5 Å². The van der Waals surface area contributed by atoms with Crippen LogP contribution in [0.15, 0.2) is 66.0 Å². The van der Waals surface area contributed by atoms with Crippen molar-refractivity contribution in [3.05, 3.63) is 87.9 Å². The molecule has 0 atom stereocenters. The molecule has 0 N–H and O–H groups in total. The van der Waals surface area contributed by atoms with Gasteiger partial charge in [-0.05, 0) is 29.1 Å². The van der Waals surface area contributed by atoms with Crippen molar-refractivity contribution in [2.45, 2.75) is 13.2 Å². The maximum atomic E-state index is 13.7. The number of thiophene rings is 1. The third kappa shape index (κ3) is 5.02. The minimum absolute atomic E-state index is 0.0616. The third-order valence-electron chi connectivity index (χ3n) is 5.00. The summed E-state index contributed by atoms with van der Waals surface area (Å²) in [6, 6.07) is 18.6. The fraction of sp³-hybridized carbons (Fsp3) is 0.261. The zero-order valence-electron chi connectivity index (χ0n) is 16.1. The van der Waals surface area contributed by atoms with E-state index in [2.05, 4.69) is 29.2 Å². The average molecular weight is 411 g/mol. The summed E-state index contributed by atoms with van der Waals surface area (Å²) in [4.78, 5) is 17.8. The van der Waals surface area contributed by atoms with Crippen molar-refractivity contribution >= 4 is 17.2 Å². The third-order valence-corrected chi connectivity index (χ3v) is 5.97. The molecule has 3 aromatic rings. The second kappa shape index (κ2) is 9.20. The van der Waals surface area contributed by atoms with Gasteiger partial charge in [-0.25, -0.2) is 4.39 Å². The van der Waals surface area contributed by atoms with E-state index in [1.807, 2.05) is 22.4 Å². The Kier molecular flexibility index (Phi) is 6.22. The molecule has 0 unspecified atom stereocenters. The number of hydrogen-bond donors (Lipinski definition) is 0. The highest BCUT2D eigenvalue weighted by molar-refractivity contribution is 7.12. The number of amides is 1. The molecule has 2 aromatic carbocycles. The second-order valence-corrected chi connectivity index (χ2v) is 8.00. The first-order chi connectivity index (χ1) is 14.2. The normalized spacial score (nSPS) is 14.7. The van der Waals surface area contributed by atoms with Gasteiger partial charge in [0.2, 0.25) is 0 Å². The molecule has 0 saturated carbocycles. The highest BCUT2D eigenvalue weighted by Crippen LogP contribution is 2.22. The molecule has 0 radical (unpaired) electrons. The second-order valence-electron chi connectivity index (χ2n) is 7.09. The molecule has 1 aliphatic heterocycles. The highest BCUT2D eigenvalue weighted by Gasteiger charge is 2.23. The average Bonchev–Trinajstić information content (AvgIpc) is 3.23. The smallest absolute Gasteiger partial charge is 0.264 e. The van der Waals surface area contributed by atoms with Crippen LogP contribution in [0.3, 0.4) is 0 Å². The van der Waals surface area contributed by atoms with Gasteiger partial charge < -0.3 is 9.64 Å². The molecular weight excluding hydrogens is 387 g/mol. The molecule has 150 valence electrons. The van der Waals surface area contributed by atoms with Crippen LogP contribution in [0, 0.1) is 5.82 Å².